The first-order valence-electron chi connectivity index (χ1n) is 14.4. The van der Waals surface area contributed by atoms with E-state index in [4.69, 9.17) is 15.6 Å². The number of nitrogens with zero attached hydrogens (tertiary/aromatic N) is 1. The maximum Gasteiger partial charge on any atom is 0.407 e. The van der Waals surface area contributed by atoms with Gasteiger partial charge in [0.05, 0.1) is 0 Å². The summed E-state index contributed by atoms with van der Waals surface area (Å²) in [5.41, 5.74) is 9.44. The fraction of sp³-hybridized carbons (Fsp3) is 0.452. The molecule has 5 amide bonds. The quantitative estimate of drug-likeness (QED) is 0.196. The monoisotopic (exact) mass is 595 g/mol. The topological polar surface area (TPSA) is 180 Å². The molecule has 0 spiro atoms. The number of alkyl carbamates (subject to hydrolysis) is 1. The van der Waals surface area contributed by atoms with E-state index in [9.17, 15) is 24.0 Å². The fourth-order valence-electron chi connectivity index (χ4n) is 5.18. The van der Waals surface area contributed by atoms with Crippen molar-refractivity contribution in [1.29, 1.82) is 0 Å². The first-order valence-corrected chi connectivity index (χ1v) is 14.4. The van der Waals surface area contributed by atoms with E-state index >= 15 is 0 Å². The van der Waals surface area contributed by atoms with Crippen molar-refractivity contribution < 1.29 is 33.8 Å². The number of hydrogen-bond acceptors (Lipinski definition) is 6. The van der Waals surface area contributed by atoms with Gasteiger partial charge in [-0.25, -0.2) is 9.59 Å². The molecule has 0 bridgehead atoms. The van der Waals surface area contributed by atoms with Crippen molar-refractivity contribution >= 4 is 29.9 Å². The first kappa shape index (κ1) is 32.9. The molecule has 3 rings (SSSR count). The van der Waals surface area contributed by atoms with Crippen molar-refractivity contribution in [3.63, 3.8) is 0 Å². The first-order chi connectivity index (χ1) is 20.5. The molecule has 12 nitrogen and oxygen atoms in total. The number of likely N-dealkylation sites (N-methyl/N-ethyl adjacent to an activating group) is 1. The number of carbonyl (C=O) groups excluding carboxylic acids is 4. The molecular weight excluding hydrogens is 554 g/mol. The number of urea groups is 1. The lowest BCUT2D eigenvalue weighted by Crippen LogP contribution is -2.55. The Hall–Kier alpha value is -4.61. The second-order valence-electron chi connectivity index (χ2n) is 10.9. The summed E-state index contributed by atoms with van der Waals surface area (Å²) >= 11 is 0. The van der Waals surface area contributed by atoms with E-state index in [1.54, 1.807) is 13.8 Å². The average molecular weight is 596 g/mol. The molecule has 232 valence electrons. The third-order valence-corrected chi connectivity index (χ3v) is 7.41. The molecule has 0 fully saturated rings. The van der Waals surface area contributed by atoms with Gasteiger partial charge >= 0.3 is 18.1 Å². The summed E-state index contributed by atoms with van der Waals surface area (Å²) in [5.74, 6) is -2.43. The molecule has 0 heterocycles. The van der Waals surface area contributed by atoms with Crippen LogP contribution < -0.4 is 21.7 Å². The number of carbonyl (C=O) groups is 5. The highest BCUT2D eigenvalue weighted by Gasteiger charge is 2.32. The maximum absolute atomic E-state index is 13.4. The molecule has 2 aromatic rings. The van der Waals surface area contributed by atoms with Gasteiger partial charge in [-0.1, -0.05) is 62.4 Å². The highest BCUT2D eigenvalue weighted by atomic mass is 16.5. The standard InChI is InChI=1S/C31H41N5O7/c1-19(2)27(28(39)34-25(14-8-16-33-30(32)41)29(40)36(3)17-9-15-26(37)38)35-31(42)43-18-24-22-12-6-4-10-20(22)21-11-5-7-13-23(21)24/h4-7,10-13,19,24-25,27H,8-9,14-18H2,1-3H3,(H,34,39)(H,35,42)(H,37,38)(H3,32,33,41). The number of carboxylic acids is 1. The van der Waals surface area contributed by atoms with E-state index in [2.05, 4.69) is 16.0 Å². The lowest BCUT2D eigenvalue weighted by Gasteiger charge is -2.28. The number of carboxylic acid groups (broad SMARTS) is 1. The lowest BCUT2D eigenvalue weighted by molar-refractivity contribution is -0.138. The summed E-state index contributed by atoms with van der Waals surface area (Å²) in [6.45, 7) is 3.99. The number of benzene rings is 2. The minimum atomic E-state index is -0.994. The number of nitrogens with one attached hydrogen (secondary N) is 3. The Kier molecular flexibility index (Phi) is 11.9. The van der Waals surface area contributed by atoms with Crippen LogP contribution in [-0.2, 0) is 19.1 Å². The molecule has 0 saturated heterocycles. The van der Waals surface area contributed by atoms with E-state index in [0.717, 1.165) is 22.3 Å². The highest BCUT2D eigenvalue weighted by molar-refractivity contribution is 5.91. The molecule has 43 heavy (non-hydrogen) atoms. The van der Waals surface area contributed by atoms with Gasteiger partial charge in [0.1, 0.15) is 18.7 Å². The van der Waals surface area contributed by atoms with E-state index in [-0.39, 0.29) is 50.8 Å². The largest absolute Gasteiger partial charge is 0.481 e. The Bertz CT molecular complexity index is 1270. The molecule has 6 N–H and O–H groups in total. The molecule has 2 aromatic carbocycles. The third-order valence-electron chi connectivity index (χ3n) is 7.41. The number of ether oxygens (including phenoxy) is 1. The van der Waals surface area contributed by atoms with Crippen molar-refractivity contribution in [3.05, 3.63) is 59.7 Å². The molecule has 2 atom stereocenters. The maximum atomic E-state index is 13.4. The summed E-state index contributed by atoms with van der Waals surface area (Å²) in [7, 11) is 1.53. The van der Waals surface area contributed by atoms with Crippen molar-refractivity contribution in [2.24, 2.45) is 11.7 Å². The predicted octanol–water partition coefficient (Wildman–Crippen LogP) is 2.81. The number of fused-ring (bicyclic) bond motifs is 3. The average Bonchev–Trinajstić information content (AvgIpc) is 3.28. The zero-order chi connectivity index (χ0) is 31.5. The van der Waals surface area contributed by atoms with Crippen LogP contribution in [0.5, 0.6) is 0 Å². The van der Waals surface area contributed by atoms with Gasteiger partial charge in [-0.05, 0) is 47.4 Å². The highest BCUT2D eigenvalue weighted by Crippen LogP contribution is 2.44. The number of hydrogen-bond donors (Lipinski definition) is 5. The Morgan fingerprint density at radius 2 is 1.56 bits per heavy atom. The number of nitrogens with two attached hydrogens (primary N) is 1. The molecule has 1 aliphatic rings. The van der Waals surface area contributed by atoms with E-state index in [0.29, 0.717) is 6.42 Å². The molecule has 2 unspecified atom stereocenters. The van der Waals surface area contributed by atoms with Crippen molar-refractivity contribution in [1.82, 2.24) is 20.9 Å². The number of amides is 5. The Morgan fingerprint density at radius 3 is 2.12 bits per heavy atom. The van der Waals surface area contributed by atoms with Crippen LogP contribution in [0.2, 0.25) is 0 Å². The number of aliphatic carboxylic acids is 1. The summed E-state index contributed by atoms with van der Waals surface area (Å²) in [4.78, 5) is 62.7. The van der Waals surface area contributed by atoms with E-state index < -0.39 is 42.0 Å². The second kappa shape index (κ2) is 15.6. The number of primary amides is 1. The molecule has 1 aliphatic carbocycles. The van der Waals surface area contributed by atoms with Gasteiger partial charge in [0.25, 0.3) is 0 Å². The zero-order valence-corrected chi connectivity index (χ0v) is 24.8. The normalized spacial score (nSPS) is 13.3. The zero-order valence-electron chi connectivity index (χ0n) is 24.8. The van der Waals surface area contributed by atoms with Crippen LogP contribution in [0.1, 0.15) is 56.6 Å². The van der Waals surface area contributed by atoms with Crippen LogP contribution in [0, 0.1) is 5.92 Å². The molecular formula is C31H41N5O7. The summed E-state index contributed by atoms with van der Waals surface area (Å²) in [6, 6.07) is 13.3. The minimum Gasteiger partial charge on any atom is -0.481 e. The second-order valence-corrected chi connectivity index (χ2v) is 10.9. The van der Waals surface area contributed by atoms with Gasteiger partial charge < -0.3 is 36.4 Å². The number of rotatable bonds is 15. The van der Waals surface area contributed by atoms with Crippen LogP contribution in [0.3, 0.4) is 0 Å². The van der Waals surface area contributed by atoms with Crippen molar-refractivity contribution in [2.45, 2.75) is 57.5 Å². The van der Waals surface area contributed by atoms with Gasteiger partial charge in [-0.3, -0.25) is 14.4 Å². The third kappa shape index (κ3) is 9.19. The van der Waals surface area contributed by atoms with Gasteiger partial charge in [0.2, 0.25) is 11.8 Å². The fourth-order valence-corrected chi connectivity index (χ4v) is 5.18. The SMILES string of the molecule is CC(C)C(NC(=O)OCC1c2ccccc2-c2ccccc21)C(=O)NC(CCCNC(N)=O)C(=O)N(C)CCCC(=O)O. The van der Waals surface area contributed by atoms with Gasteiger partial charge in [0.15, 0.2) is 0 Å². The molecule has 12 heteroatoms. The van der Waals surface area contributed by atoms with Crippen molar-refractivity contribution in [2.75, 3.05) is 26.7 Å². The van der Waals surface area contributed by atoms with Crippen LogP contribution >= 0.6 is 0 Å². The van der Waals surface area contributed by atoms with Crippen LogP contribution in [0.15, 0.2) is 48.5 Å². The predicted molar refractivity (Wildman–Crippen MR) is 160 cm³/mol. The smallest absolute Gasteiger partial charge is 0.407 e. The van der Waals surface area contributed by atoms with Crippen molar-refractivity contribution in [3.8, 4) is 11.1 Å². The summed E-state index contributed by atoms with van der Waals surface area (Å²) in [5, 5.41) is 16.7. The Morgan fingerprint density at radius 1 is 0.953 bits per heavy atom. The minimum absolute atomic E-state index is 0.0847. The van der Waals surface area contributed by atoms with Gasteiger partial charge in [-0.2, -0.15) is 0 Å². The van der Waals surface area contributed by atoms with Crippen LogP contribution in [-0.4, -0.2) is 78.7 Å². The Balaban J connectivity index is 1.64. The molecule has 0 aliphatic heterocycles. The van der Waals surface area contributed by atoms with E-state index in [1.165, 1.54) is 11.9 Å². The Labute approximate surface area is 251 Å². The molecule has 0 aromatic heterocycles. The van der Waals surface area contributed by atoms with Crippen LogP contribution in [0.25, 0.3) is 11.1 Å². The summed E-state index contributed by atoms with van der Waals surface area (Å²) < 4.78 is 5.62. The molecule has 0 saturated carbocycles. The van der Waals surface area contributed by atoms with E-state index in [1.807, 2.05) is 48.5 Å². The van der Waals surface area contributed by atoms with Gasteiger partial charge in [-0.15, -0.1) is 0 Å². The van der Waals surface area contributed by atoms with Crippen LogP contribution in [0.4, 0.5) is 9.59 Å². The van der Waals surface area contributed by atoms with Gasteiger partial charge in [0, 0.05) is 32.5 Å². The molecule has 0 radical (unpaired) electrons. The summed E-state index contributed by atoms with van der Waals surface area (Å²) in [6.07, 6.45) is -0.0793. The lowest BCUT2D eigenvalue weighted by atomic mass is 9.98.